The zero-order chi connectivity index (χ0) is 21.4. The van der Waals surface area contributed by atoms with Gasteiger partial charge in [-0.2, -0.15) is 13.9 Å². The molecule has 0 aliphatic carbocycles. The van der Waals surface area contributed by atoms with Gasteiger partial charge in [0.05, 0.1) is 18.8 Å². The number of ether oxygens (including phenoxy) is 1. The maximum absolute atomic E-state index is 15.5. The molecule has 1 fully saturated rings. The Hall–Kier alpha value is -2.53. The summed E-state index contributed by atoms with van der Waals surface area (Å²) in [5.74, 6) is -8.58. The summed E-state index contributed by atoms with van der Waals surface area (Å²) in [7, 11) is 0. The van der Waals surface area contributed by atoms with Gasteiger partial charge in [-0.25, -0.2) is 18.4 Å². The lowest BCUT2D eigenvalue weighted by Crippen LogP contribution is -2.61. The van der Waals surface area contributed by atoms with Crippen LogP contribution in [0.3, 0.4) is 0 Å². The molecule has 29 heavy (non-hydrogen) atoms. The van der Waals surface area contributed by atoms with Gasteiger partial charge in [-0.1, -0.05) is 0 Å². The van der Waals surface area contributed by atoms with Crippen LogP contribution in [0.25, 0.3) is 0 Å². The minimum atomic E-state index is -4.46. The molecule has 1 N–H and O–H groups in total. The molecular weight excluding hydrogens is 396 g/mol. The molecule has 3 rings (SSSR count). The number of carbonyl (C=O) groups is 1. The molecule has 11 heteroatoms. The predicted molar refractivity (Wildman–Crippen MR) is 91.8 cm³/mol. The van der Waals surface area contributed by atoms with Crippen LogP contribution in [0.5, 0.6) is 0 Å². The quantitative estimate of drug-likeness (QED) is 0.751. The minimum absolute atomic E-state index is 0.121. The lowest BCUT2D eigenvalue weighted by Gasteiger charge is -2.41. The molecule has 1 aromatic heterocycles. The molecule has 3 atom stereocenters. The molecule has 1 saturated heterocycles. The van der Waals surface area contributed by atoms with Crippen molar-refractivity contribution >= 4 is 5.91 Å². The van der Waals surface area contributed by atoms with Gasteiger partial charge in [-0.05, 0) is 26.0 Å². The second-order valence-corrected chi connectivity index (χ2v) is 7.12. The Balaban J connectivity index is 2.05. The monoisotopic (exact) mass is 416 g/mol. The van der Waals surface area contributed by atoms with E-state index in [-0.39, 0.29) is 13.1 Å². The van der Waals surface area contributed by atoms with E-state index < -0.39 is 53.4 Å². The standard InChI is InChI=1S/C18H20F4N4O3/c1-11-6-25(7-12(2)29-11)16(27)18(21,22)17(28,8-26-10-23-9-24-26)14-4-3-13(19)5-15(14)20/h3-5,9-12,28H,6-8H2,1-2H3. The van der Waals surface area contributed by atoms with Crippen LogP contribution < -0.4 is 0 Å². The van der Waals surface area contributed by atoms with Crippen LogP contribution in [0.2, 0.25) is 0 Å². The molecule has 1 aliphatic rings. The maximum Gasteiger partial charge on any atom is 0.358 e. The van der Waals surface area contributed by atoms with E-state index in [4.69, 9.17) is 4.74 Å². The molecule has 2 heterocycles. The van der Waals surface area contributed by atoms with Crippen molar-refractivity contribution in [1.82, 2.24) is 19.7 Å². The van der Waals surface area contributed by atoms with Crippen LogP contribution >= 0.6 is 0 Å². The first-order chi connectivity index (χ1) is 13.5. The van der Waals surface area contributed by atoms with Crippen molar-refractivity contribution in [2.75, 3.05) is 13.1 Å². The fourth-order valence-corrected chi connectivity index (χ4v) is 3.45. The molecule has 1 amide bonds. The number of nitrogens with zero attached hydrogens (tertiary/aromatic N) is 4. The number of benzene rings is 1. The van der Waals surface area contributed by atoms with Gasteiger partial charge in [0, 0.05) is 24.7 Å². The van der Waals surface area contributed by atoms with E-state index >= 15 is 8.78 Å². The largest absolute Gasteiger partial charge is 0.377 e. The van der Waals surface area contributed by atoms with Crippen molar-refractivity contribution in [1.29, 1.82) is 0 Å². The van der Waals surface area contributed by atoms with E-state index in [1.165, 1.54) is 0 Å². The molecule has 1 aromatic carbocycles. The first-order valence-electron chi connectivity index (χ1n) is 8.87. The highest BCUT2D eigenvalue weighted by Crippen LogP contribution is 2.42. The summed E-state index contributed by atoms with van der Waals surface area (Å²) in [4.78, 5) is 17.2. The van der Waals surface area contributed by atoms with Gasteiger partial charge in [0.15, 0.2) is 5.60 Å². The van der Waals surface area contributed by atoms with Gasteiger partial charge >= 0.3 is 5.92 Å². The van der Waals surface area contributed by atoms with Crippen LogP contribution in [0.4, 0.5) is 17.6 Å². The molecule has 3 unspecified atom stereocenters. The number of amides is 1. The highest BCUT2D eigenvalue weighted by molar-refractivity contribution is 5.85. The van der Waals surface area contributed by atoms with Crippen LogP contribution in [-0.2, 0) is 21.7 Å². The first-order valence-corrected chi connectivity index (χ1v) is 8.87. The number of carbonyl (C=O) groups excluding carboxylic acids is 1. The maximum atomic E-state index is 15.5. The van der Waals surface area contributed by atoms with E-state index in [9.17, 15) is 18.7 Å². The number of hydrogen-bond acceptors (Lipinski definition) is 5. The number of aliphatic hydroxyl groups is 1. The Labute approximate surface area is 163 Å². The fourth-order valence-electron chi connectivity index (χ4n) is 3.45. The summed E-state index contributed by atoms with van der Waals surface area (Å²) in [6.45, 7) is 2.02. The summed E-state index contributed by atoms with van der Waals surface area (Å²) < 4.78 is 64.9. The second-order valence-electron chi connectivity index (χ2n) is 7.12. The van der Waals surface area contributed by atoms with E-state index in [1.54, 1.807) is 13.8 Å². The molecule has 7 nitrogen and oxygen atoms in total. The van der Waals surface area contributed by atoms with E-state index in [1.807, 2.05) is 0 Å². The first kappa shape index (κ1) is 21.2. The molecule has 1 aliphatic heterocycles. The molecule has 2 aromatic rings. The lowest BCUT2D eigenvalue weighted by atomic mass is 9.85. The SMILES string of the molecule is CC1CN(C(=O)C(F)(F)C(O)(Cn2cncn2)c2ccc(F)cc2F)CC(C)O1. The van der Waals surface area contributed by atoms with Gasteiger partial charge in [0.25, 0.3) is 5.91 Å². The third-order valence-electron chi connectivity index (χ3n) is 4.73. The van der Waals surface area contributed by atoms with Gasteiger partial charge in [-0.3, -0.25) is 4.79 Å². The topological polar surface area (TPSA) is 80.5 Å². The number of hydrogen-bond donors (Lipinski definition) is 1. The average molecular weight is 416 g/mol. The average Bonchev–Trinajstić information content (AvgIpc) is 3.12. The Morgan fingerprint density at radius 1 is 1.28 bits per heavy atom. The number of alkyl halides is 2. The molecule has 158 valence electrons. The van der Waals surface area contributed by atoms with Crippen molar-refractivity contribution in [3.05, 3.63) is 48.1 Å². The van der Waals surface area contributed by atoms with Crippen molar-refractivity contribution < 1.29 is 32.2 Å². The summed E-state index contributed by atoms with van der Waals surface area (Å²) in [6.07, 6.45) is 1.08. The zero-order valence-electron chi connectivity index (χ0n) is 15.7. The summed E-state index contributed by atoms with van der Waals surface area (Å²) >= 11 is 0. The number of aromatic nitrogens is 3. The van der Waals surface area contributed by atoms with Crippen molar-refractivity contribution in [2.24, 2.45) is 0 Å². The lowest BCUT2D eigenvalue weighted by molar-refractivity contribution is -0.217. The highest BCUT2D eigenvalue weighted by atomic mass is 19.3. The van der Waals surface area contributed by atoms with Crippen LogP contribution in [0, 0.1) is 11.6 Å². The van der Waals surface area contributed by atoms with Crippen molar-refractivity contribution in [2.45, 2.75) is 44.1 Å². The van der Waals surface area contributed by atoms with Gasteiger partial charge < -0.3 is 14.7 Å². The van der Waals surface area contributed by atoms with Crippen molar-refractivity contribution in [3.8, 4) is 0 Å². The van der Waals surface area contributed by atoms with Gasteiger partial charge in [0.1, 0.15) is 24.3 Å². The number of rotatable bonds is 5. The highest BCUT2D eigenvalue weighted by Gasteiger charge is 2.62. The Morgan fingerprint density at radius 2 is 1.93 bits per heavy atom. The molecular formula is C18H20F4N4O3. The minimum Gasteiger partial charge on any atom is -0.377 e. The summed E-state index contributed by atoms with van der Waals surface area (Å²) in [5.41, 5.74) is -4.28. The Morgan fingerprint density at radius 3 is 2.48 bits per heavy atom. The Kier molecular flexibility index (Phi) is 5.63. The third-order valence-corrected chi connectivity index (χ3v) is 4.73. The van der Waals surface area contributed by atoms with Crippen LogP contribution in [0.15, 0.2) is 30.9 Å². The normalized spacial score (nSPS) is 22.4. The Bertz CT molecular complexity index is 870. The fraction of sp³-hybridized carbons (Fsp3) is 0.500. The number of morpholine rings is 1. The smallest absolute Gasteiger partial charge is 0.358 e. The van der Waals surface area contributed by atoms with E-state index in [0.717, 1.165) is 28.3 Å². The summed E-state index contributed by atoms with van der Waals surface area (Å²) in [6, 6.07) is 1.78. The number of halogens is 4. The van der Waals surface area contributed by atoms with E-state index in [2.05, 4.69) is 10.1 Å². The van der Waals surface area contributed by atoms with Crippen molar-refractivity contribution in [3.63, 3.8) is 0 Å². The van der Waals surface area contributed by atoms with Gasteiger partial charge in [-0.15, -0.1) is 0 Å². The van der Waals surface area contributed by atoms with E-state index in [0.29, 0.717) is 12.1 Å². The van der Waals surface area contributed by atoms with Gasteiger partial charge in [0.2, 0.25) is 0 Å². The molecule has 0 bridgehead atoms. The summed E-state index contributed by atoms with van der Waals surface area (Å²) in [5, 5.41) is 14.7. The zero-order valence-corrected chi connectivity index (χ0v) is 15.7. The molecule has 0 radical (unpaired) electrons. The molecule has 0 saturated carbocycles. The second kappa shape index (κ2) is 7.71. The molecule has 0 spiro atoms. The van der Waals surface area contributed by atoms with Crippen LogP contribution in [-0.4, -0.2) is 61.9 Å². The van der Waals surface area contributed by atoms with Crippen LogP contribution in [0.1, 0.15) is 19.4 Å². The third kappa shape index (κ3) is 3.97. The predicted octanol–water partition coefficient (Wildman–Crippen LogP) is 1.72.